The van der Waals surface area contributed by atoms with E-state index in [1.165, 1.54) is 18.2 Å². The van der Waals surface area contributed by atoms with E-state index in [0.717, 1.165) is 4.90 Å². The Morgan fingerprint density at radius 3 is 2.47 bits per heavy atom. The van der Waals surface area contributed by atoms with Gasteiger partial charge in [-0.25, -0.2) is 9.29 Å². The van der Waals surface area contributed by atoms with Crippen molar-refractivity contribution >= 4 is 33.4 Å². The van der Waals surface area contributed by atoms with E-state index in [-0.39, 0.29) is 24.2 Å². The molecule has 1 aromatic carbocycles. The number of anilines is 1. The van der Waals surface area contributed by atoms with E-state index in [2.05, 4.69) is 15.9 Å². The SMILES string of the molecule is CC(C)C1(C)CC(=O)N(c2ccc(F)cc2Br)C1=O. The number of hydrogen-bond donors (Lipinski definition) is 0. The Balaban J connectivity index is 2.46. The van der Waals surface area contributed by atoms with Crippen LogP contribution in [0.1, 0.15) is 27.2 Å². The fraction of sp³-hybridized carbons (Fsp3) is 0.429. The number of nitrogens with zero attached hydrogens (tertiary/aromatic N) is 1. The molecule has 0 aromatic heterocycles. The number of carbonyl (C=O) groups is 2. The van der Waals surface area contributed by atoms with Crippen LogP contribution in [0.15, 0.2) is 22.7 Å². The fourth-order valence-electron chi connectivity index (χ4n) is 2.19. The molecule has 0 spiro atoms. The minimum absolute atomic E-state index is 0.0631. The molecule has 19 heavy (non-hydrogen) atoms. The van der Waals surface area contributed by atoms with Gasteiger partial charge in [-0.05, 0) is 47.0 Å². The molecule has 2 rings (SSSR count). The molecule has 1 aromatic rings. The molecular formula is C14H15BrFNO2. The monoisotopic (exact) mass is 327 g/mol. The van der Waals surface area contributed by atoms with Crippen LogP contribution in [0, 0.1) is 17.2 Å². The molecule has 1 aliphatic rings. The summed E-state index contributed by atoms with van der Waals surface area (Å²) in [7, 11) is 0. The summed E-state index contributed by atoms with van der Waals surface area (Å²) >= 11 is 3.20. The minimum atomic E-state index is -0.690. The number of carbonyl (C=O) groups excluding carboxylic acids is 2. The molecule has 3 nitrogen and oxygen atoms in total. The van der Waals surface area contributed by atoms with Crippen LogP contribution >= 0.6 is 15.9 Å². The van der Waals surface area contributed by atoms with Crippen LogP contribution in [0.5, 0.6) is 0 Å². The van der Waals surface area contributed by atoms with Crippen molar-refractivity contribution in [2.75, 3.05) is 4.90 Å². The van der Waals surface area contributed by atoms with E-state index in [0.29, 0.717) is 10.2 Å². The summed E-state index contributed by atoms with van der Waals surface area (Å²) in [6.07, 6.45) is 0.188. The maximum atomic E-state index is 13.1. The molecular weight excluding hydrogens is 313 g/mol. The minimum Gasteiger partial charge on any atom is -0.274 e. The maximum absolute atomic E-state index is 13.1. The van der Waals surface area contributed by atoms with E-state index in [4.69, 9.17) is 0 Å². The van der Waals surface area contributed by atoms with Gasteiger partial charge in [-0.1, -0.05) is 13.8 Å². The van der Waals surface area contributed by atoms with Crippen molar-refractivity contribution in [1.82, 2.24) is 0 Å². The topological polar surface area (TPSA) is 37.4 Å². The predicted molar refractivity (Wildman–Crippen MR) is 74.2 cm³/mol. The Morgan fingerprint density at radius 2 is 2.00 bits per heavy atom. The van der Waals surface area contributed by atoms with Crippen LogP contribution in [0.3, 0.4) is 0 Å². The highest BCUT2D eigenvalue weighted by atomic mass is 79.9. The lowest BCUT2D eigenvalue weighted by Gasteiger charge is -2.26. The van der Waals surface area contributed by atoms with Crippen molar-refractivity contribution in [2.24, 2.45) is 11.3 Å². The van der Waals surface area contributed by atoms with E-state index in [9.17, 15) is 14.0 Å². The number of benzene rings is 1. The zero-order valence-corrected chi connectivity index (χ0v) is 12.6. The standard InChI is InChI=1S/C14H15BrFNO2/c1-8(2)14(3)7-12(18)17(13(14)19)11-5-4-9(16)6-10(11)15/h4-6,8H,7H2,1-3H3. The first kappa shape index (κ1) is 14.2. The number of rotatable bonds is 2. The summed E-state index contributed by atoms with van der Waals surface area (Å²) in [5.74, 6) is -0.817. The van der Waals surface area contributed by atoms with Crippen LogP contribution in [-0.4, -0.2) is 11.8 Å². The van der Waals surface area contributed by atoms with Gasteiger partial charge in [-0.3, -0.25) is 9.59 Å². The van der Waals surface area contributed by atoms with E-state index < -0.39 is 11.2 Å². The average Bonchev–Trinajstić information content (AvgIpc) is 2.53. The summed E-state index contributed by atoms with van der Waals surface area (Å²) in [4.78, 5) is 25.8. The third kappa shape index (κ3) is 2.20. The predicted octanol–water partition coefficient (Wildman–Crippen LogP) is 3.51. The molecule has 2 amide bonds. The van der Waals surface area contributed by atoms with Crippen molar-refractivity contribution in [2.45, 2.75) is 27.2 Å². The highest BCUT2D eigenvalue weighted by molar-refractivity contribution is 9.10. The second-order valence-corrected chi connectivity index (χ2v) is 6.23. The Morgan fingerprint density at radius 1 is 1.37 bits per heavy atom. The van der Waals surface area contributed by atoms with Gasteiger partial charge >= 0.3 is 0 Å². The van der Waals surface area contributed by atoms with E-state index in [1.54, 1.807) is 6.92 Å². The summed E-state index contributed by atoms with van der Waals surface area (Å²) in [5.41, 5.74) is -0.286. The molecule has 1 unspecified atom stereocenters. The molecule has 0 bridgehead atoms. The number of amides is 2. The normalized spacial score (nSPS) is 23.6. The first-order chi connectivity index (χ1) is 8.77. The lowest BCUT2D eigenvalue weighted by Crippen LogP contribution is -2.37. The van der Waals surface area contributed by atoms with Gasteiger partial charge in [0.1, 0.15) is 5.82 Å². The van der Waals surface area contributed by atoms with Crippen molar-refractivity contribution in [3.63, 3.8) is 0 Å². The third-order valence-corrected chi connectivity index (χ3v) is 4.52. The molecule has 1 atom stereocenters. The molecule has 0 saturated carbocycles. The maximum Gasteiger partial charge on any atom is 0.240 e. The summed E-state index contributed by atoms with van der Waals surface area (Å²) in [6.45, 7) is 5.65. The van der Waals surface area contributed by atoms with Gasteiger partial charge in [0.2, 0.25) is 11.8 Å². The van der Waals surface area contributed by atoms with Crippen LogP contribution in [-0.2, 0) is 9.59 Å². The molecule has 5 heteroatoms. The molecule has 0 radical (unpaired) electrons. The Hall–Kier alpha value is -1.23. The van der Waals surface area contributed by atoms with Crippen LogP contribution in [0.25, 0.3) is 0 Å². The smallest absolute Gasteiger partial charge is 0.240 e. The van der Waals surface area contributed by atoms with Crippen molar-refractivity contribution in [3.8, 4) is 0 Å². The number of halogens is 2. The first-order valence-electron chi connectivity index (χ1n) is 6.10. The van der Waals surface area contributed by atoms with Crippen LogP contribution in [0.2, 0.25) is 0 Å². The Bertz CT molecular complexity index is 558. The Labute approximate surface area is 119 Å². The fourth-order valence-corrected chi connectivity index (χ4v) is 2.72. The van der Waals surface area contributed by atoms with Crippen molar-refractivity contribution in [3.05, 3.63) is 28.5 Å². The average molecular weight is 328 g/mol. The molecule has 1 fully saturated rings. The van der Waals surface area contributed by atoms with Gasteiger partial charge in [-0.2, -0.15) is 0 Å². The van der Waals surface area contributed by atoms with Gasteiger partial charge in [0, 0.05) is 10.9 Å². The quantitative estimate of drug-likeness (QED) is 0.779. The molecule has 1 heterocycles. The number of imide groups is 1. The second-order valence-electron chi connectivity index (χ2n) is 5.38. The highest BCUT2D eigenvalue weighted by Gasteiger charge is 2.50. The zero-order chi connectivity index (χ0) is 14.4. The molecule has 1 saturated heterocycles. The van der Waals surface area contributed by atoms with Crippen molar-refractivity contribution in [1.29, 1.82) is 0 Å². The lowest BCUT2D eigenvalue weighted by atomic mass is 9.78. The van der Waals surface area contributed by atoms with E-state index in [1.807, 2.05) is 13.8 Å². The van der Waals surface area contributed by atoms with E-state index >= 15 is 0 Å². The largest absolute Gasteiger partial charge is 0.274 e. The van der Waals surface area contributed by atoms with Gasteiger partial charge in [0.05, 0.1) is 11.1 Å². The highest BCUT2D eigenvalue weighted by Crippen LogP contribution is 2.42. The summed E-state index contributed by atoms with van der Waals surface area (Å²) in [6, 6.07) is 3.94. The molecule has 0 N–H and O–H groups in total. The molecule has 0 aliphatic carbocycles. The van der Waals surface area contributed by atoms with Gasteiger partial charge < -0.3 is 0 Å². The Kier molecular flexibility index (Phi) is 3.51. The third-order valence-electron chi connectivity index (χ3n) is 3.88. The summed E-state index contributed by atoms with van der Waals surface area (Å²) in [5, 5.41) is 0. The molecule has 1 aliphatic heterocycles. The van der Waals surface area contributed by atoms with Gasteiger partial charge in [0.15, 0.2) is 0 Å². The first-order valence-corrected chi connectivity index (χ1v) is 6.89. The lowest BCUT2D eigenvalue weighted by molar-refractivity contribution is -0.126. The molecule has 102 valence electrons. The van der Waals surface area contributed by atoms with Crippen LogP contribution < -0.4 is 4.90 Å². The number of hydrogen-bond acceptors (Lipinski definition) is 2. The van der Waals surface area contributed by atoms with Gasteiger partial charge in [0.25, 0.3) is 0 Å². The van der Waals surface area contributed by atoms with Crippen molar-refractivity contribution < 1.29 is 14.0 Å². The second kappa shape index (κ2) is 4.71. The summed E-state index contributed by atoms with van der Waals surface area (Å²) < 4.78 is 13.5. The van der Waals surface area contributed by atoms with Gasteiger partial charge in [-0.15, -0.1) is 0 Å². The van der Waals surface area contributed by atoms with Crippen LogP contribution in [0.4, 0.5) is 10.1 Å². The zero-order valence-electron chi connectivity index (χ0n) is 11.0.